The maximum Gasteiger partial charge on any atom is 0.305 e. The van der Waals surface area contributed by atoms with E-state index in [1.165, 1.54) is 0 Å². The van der Waals surface area contributed by atoms with Gasteiger partial charge in [0.15, 0.2) is 22.8 Å². The Hall–Kier alpha value is -2.69. The molecule has 1 N–H and O–H groups in total. The van der Waals surface area contributed by atoms with Crippen molar-refractivity contribution in [2.45, 2.75) is 154 Å². The van der Waals surface area contributed by atoms with Gasteiger partial charge in [-0.2, -0.15) is 0 Å². The van der Waals surface area contributed by atoms with Gasteiger partial charge in [0.1, 0.15) is 28.4 Å². The first kappa shape index (κ1) is 38.6. The summed E-state index contributed by atoms with van der Waals surface area (Å²) in [4.78, 5) is 45.8. The SMILES string of the molecule is CCOC(=O)CCC[C@]12OC(C)(C)C3C[C@H](C1=O)C(N1CCOCC1)C1C(=O)c4c(O)c5c(c(CCC(C)C)c4O[C@]132)O[C@](C)(CCCC(C)C)CC5. The summed E-state index contributed by atoms with van der Waals surface area (Å²) in [5.41, 5.74) is -2.26. The first-order chi connectivity index (χ1) is 25.1. The summed E-state index contributed by atoms with van der Waals surface area (Å²) < 4.78 is 32.7. The highest BCUT2D eigenvalue weighted by Gasteiger charge is 2.85. The van der Waals surface area contributed by atoms with Gasteiger partial charge in [-0.15, -0.1) is 0 Å². The summed E-state index contributed by atoms with van der Waals surface area (Å²) in [6, 6.07) is -0.422. The van der Waals surface area contributed by atoms with E-state index in [9.17, 15) is 9.90 Å². The number of ketones is 2. The number of aromatic hydroxyl groups is 1. The number of Topliss-reactive ketones (excluding diaryl/α,β-unsaturated/α-hetero) is 2. The van der Waals surface area contributed by atoms with Crippen LogP contribution in [0.1, 0.15) is 135 Å². The summed E-state index contributed by atoms with van der Waals surface area (Å²) in [6.45, 7) is 19.4. The standard InChI is InChI=1S/C43H63NO9/c1-9-50-31(45)13-11-18-42-39(48)29-24-30(40(6,7)53-42)43(42)33(34(29)44-20-22-49-23-21-44)36(47)32-35(46)27-16-19-41(8,17-10-12-25(2)3)51-37(27)28(38(32)52-43)15-14-26(4)5/h25-26,29-30,33-34,46H,9-24H2,1-8H3/t29-,30?,33?,34?,41+,42-,43-/m0/s1. The Kier molecular flexibility index (Phi) is 10.3. The molecule has 8 rings (SSSR count). The van der Waals surface area contributed by atoms with Gasteiger partial charge in [0.05, 0.1) is 31.3 Å². The third-order valence-corrected chi connectivity index (χ3v) is 13.6. The molecule has 3 unspecified atom stereocenters. The van der Waals surface area contributed by atoms with Crippen LogP contribution in [0.5, 0.6) is 17.2 Å². The molecule has 1 spiro atoms. The Morgan fingerprint density at radius 3 is 2.38 bits per heavy atom. The van der Waals surface area contributed by atoms with Gasteiger partial charge in [-0.1, -0.05) is 34.1 Å². The van der Waals surface area contributed by atoms with Crippen LogP contribution >= 0.6 is 0 Å². The normalized spacial score (nSPS) is 34.1. The van der Waals surface area contributed by atoms with Crippen LogP contribution in [0, 0.1) is 29.6 Å². The summed E-state index contributed by atoms with van der Waals surface area (Å²) in [5.74, 6) is -0.0844. The lowest BCUT2D eigenvalue weighted by molar-refractivity contribution is -0.219. The van der Waals surface area contributed by atoms with Gasteiger partial charge in [0.25, 0.3) is 0 Å². The zero-order valence-electron chi connectivity index (χ0n) is 33.4. The largest absolute Gasteiger partial charge is 0.507 e. The van der Waals surface area contributed by atoms with Crippen molar-refractivity contribution >= 4 is 17.5 Å². The number of nitrogens with zero attached hydrogens (tertiary/aromatic N) is 1. The minimum atomic E-state index is -1.45. The smallest absolute Gasteiger partial charge is 0.305 e. The van der Waals surface area contributed by atoms with Crippen LogP contribution in [-0.4, -0.2) is 88.9 Å². The molecule has 4 heterocycles. The number of hydrogen-bond donors (Lipinski definition) is 1. The monoisotopic (exact) mass is 737 g/mol. The molecule has 1 aromatic rings. The highest BCUT2D eigenvalue weighted by atomic mass is 16.6. The van der Waals surface area contributed by atoms with E-state index in [0.717, 1.165) is 37.7 Å². The van der Waals surface area contributed by atoms with E-state index in [1.807, 2.05) is 13.8 Å². The fourth-order valence-electron chi connectivity index (χ4n) is 11.2. The Morgan fingerprint density at radius 2 is 1.70 bits per heavy atom. The van der Waals surface area contributed by atoms with Gasteiger partial charge in [-0.25, -0.2) is 0 Å². The molecule has 10 nitrogen and oxygen atoms in total. The number of carbonyl (C=O) groups excluding carboxylic acids is 3. The van der Waals surface area contributed by atoms with Crippen molar-refractivity contribution < 1.29 is 43.2 Å². The predicted molar refractivity (Wildman–Crippen MR) is 200 cm³/mol. The van der Waals surface area contributed by atoms with Crippen LogP contribution in [-0.2, 0) is 36.6 Å². The van der Waals surface area contributed by atoms with Gasteiger partial charge < -0.3 is 28.8 Å². The molecular formula is C43H63NO9. The number of morpholine rings is 1. The Bertz CT molecular complexity index is 1610. The molecule has 10 heteroatoms. The van der Waals surface area contributed by atoms with Crippen LogP contribution in [0.25, 0.3) is 0 Å². The lowest BCUT2D eigenvalue weighted by atomic mass is 9.44. The van der Waals surface area contributed by atoms with E-state index in [2.05, 4.69) is 39.5 Å². The van der Waals surface area contributed by atoms with Crippen LogP contribution in [0.3, 0.4) is 0 Å². The highest BCUT2D eigenvalue weighted by Crippen LogP contribution is 2.71. The summed E-state index contributed by atoms with van der Waals surface area (Å²) >= 11 is 0. The minimum absolute atomic E-state index is 0.0351. The van der Waals surface area contributed by atoms with E-state index in [-0.39, 0.29) is 54.2 Å². The van der Waals surface area contributed by atoms with Gasteiger partial charge >= 0.3 is 5.97 Å². The van der Waals surface area contributed by atoms with E-state index >= 15 is 9.59 Å². The van der Waals surface area contributed by atoms with Crippen molar-refractivity contribution in [3.05, 3.63) is 16.7 Å². The lowest BCUT2D eigenvalue weighted by Crippen LogP contribution is -2.82. The molecule has 7 atom stereocenters. The summed E-state index contributed by atoms with van der Waals surface area (Å²) in [5, 5.41) is 12.3. The van der Waals surface area contributed by atoms with Crippen molar-refractivity contribution in [2.75, 3.05) is 32.9 Å². The van der Waals surface area contributed by atoms with Crippen LogP contribution in [0.2, 0.25) is 0 Å². The second-order valence-corrected chi connectivity index (χ2v) is 18.4. The second-order valence-electron chi connectivity index (χ2n) is 18.4. The Labute approximate surface area is 316 Å². The number of fused-ring (bicyclic) bond motifs is 2. The van der Waals surface area contributed by atoms with Crippen LogP contribution in [0.4, 0.5) is 0 Å². The van der Waals surface area contributed by atoms with Crippen molar-refractivity contribution in [1.82, 2.24) is 4.90 Å². The number of hydrogen-bond acceptors (Lipinski definition) is 10. The van der Waals surface area contributed by atoms with Gasteiger partial charge in [0, 0.05) is 48.5 Å². The van der Waals surface area contributed by atoms with E-state index in [4.69, 9.17) is 23.7 Å². The molecule has 0 aromatic heterocycles. The molecule has 1 aromatic carbocycles. The van der Waals surface area contributed by atoms with Crippen molar-refractivity contribution in [3.8, 4) is 17.2 Å². The topological polar surface area (TPSA) is 121 Å². The molecule has 53 heavy (non-hydrogen) atoms. The third-order valence-electron chi connectivity index (χ3n) is 13.6. The second kappa shape index (κ2) is 14.1. The molecule has 2 saturated heterocycles. The first-order valence-electron chi connectivity index (χ1n) is 20.7. The molecular weight excluding hydrogens is 674 g/mol. The first-order valence-corrected chi connectivity index (χ1v) is 20.7. The molecule has 7 aliphatic rings. The molecule has 4 aliphatic heterocycles. The number of rotatable bonds is 13. The Balaban J connectivity index is 1.41. The number of benzene rings is 1. The predicted octanol–water partition coefficient (Wildman–Crippen LogP) is 7.02. The van der Waals surface area contributed by atoms with Crippen molar-refractivity contribution in [1.29, 1.82) is 0 Å². The molecule has 0 amide bonds. The highest BCUT2D eigenvalue weighted by molar-refractivity contribution is 6.10. The fourth-order valence-corrected chi connectivity index (χ4v) is 11.2. The summed E-state index contributed by atoms with van der Waals surface area (Å²) in [6.07, 6.45) is 7.09. The molecule has 294 valence electrons. The zero-order valence-corrected chi connectivity index (χ0v) is 33.4. The number of carbonyl (C=O) groups is 3. The molecule has 4 bridgehead atoms. The fraction of sp³-hybridized carbons (Fsp3) is 0.791. The van der Waals surface area contributed by atoms with Crippen molar-refractivity contribution in [3.63, 3.8) is 0 Å². The average molecular weight is 738 g/mol. The van der Waals surface area contributed by atoms with E-state index in [0.29, 0.717) is 80.9 Å². The maximum absolute atomic E-state index is 15.7. The van der Waals surface area contributed by atoms with Crippen LogP contribution in [0.15, 0.2) is 0 Å². The molecule has 5 fully saturated rings. The summed E-state index contributed by atoms with van der Waals surface area (Å²) in [7, 11) is 0. The Morgan fingerprint density at radius 1 is 0.981 bits per heavy atom. The van der Waals surface area contributed by atoms with Gasteiger partial charge in [-0.05, 0) is 97.3 Å². The minimum Gasteiger partial charge on any atom is -0.507 e. The number of phenolic OH excluding ortho intramolecular Hbond substituents is 1. The van der Waals surface area contributed by atoms with Gasteiger partial charge in [0.2, 0.25) is 0 Å². The maximum atomic E-state index is 15.7. The van der Waals surface area contributed by atoms with E-state index < -0.39 is 40.3 Å². The lowest BCUT2D eigenvalue weighted by Gasteiger charge is -2.65. The number of ether oxygens (including phenoxy) is 5. The quantitative estimate of drug-likeness (QED) is 0.212. The van der Waals surface area contributed by atoms with Crippen molar-refractivity contribution in [2.24, 2.45) is 29.6 Å². The third kappa shape index (κ3) is 6.12. The number of phenols is 1. The van der Waals surface area contributed by atoms with Crippen LogP contribution < -0.4 is 9.47 Å². The van der Waals surface area contributed by atoms with Gasteiger partial charge in [-0.3, -0.25) is 19.3 Å². The average Bonchev–Trinajstić information content (AvgIpc) is 3.24. The molecule has 3 aliphatic carbocycles. The molecule has 3 saturated carbocycles. The zero-order chi connectivity index (χ0) is 38.1. The number of esters is 1. The van der Waals surface area contributed by atoms with E-state index in [1.54, 1.807) is 6.92 Å². The molecule has 0 radical (unpaired) electrons.